The third kappa shape index (κ3) is 5.98. The summed E-state index contributed by atoms with van der Waals surface area (Å²) in [5.41, 5.74) is 2.63. The van der Waals surface area contributed by atoms with E-state index in [9.17, 15) is 4.79 Å². The Morgan fingerprint density at radius 2 is 1.88 bits per heavy atom. The van der Waals surface area contributed by atoms with E-state index >= 15 is 0 Å². The van der Waals surface area contributed by atoms with Crippen LogP contribution < -0.4 is 9.47 Å². The summed E-state index contributed by atoms with van der Waals surface area (Å²) in [5, 5.41) is 4.33. The fourth-order valence-corrected chi connectivity index (χ4v) is 3.41. The van der Waals surface area contributed by atoms with Crippen LogP contribution in [0, 0.1) is 6.92 Å². The molecule has 0 aliphatic heterocycles. The first kappa shape index (κ1) is 24.0. The number of aromatic nitrogens is 2. The van der Waals surface area contributed by atoms with Gasteiger partial charge >= 0.3 is 6.09 Å². The molecule has 0 bridgehead atoms. The SMILES string of the molecule is CCOc1cc(C(=N/c2ccc(-c3noc(C)n3)cc2)/C(=N/C(=O)OC)SC)ccc1OC. The summed E-state index contributed by atoms with van der Waals surface area (Å²) in [6.45, 7) is 4.09. The second-order valence-electron chi connectivity index (χ2n) is 6.53. The molecular formula is C23H24N4O5S. The summed E-state index contributed by atoms with van der Waals surface area (Å²) in [5.74, 6) is 2.14. The van der Waals surface area contributed by atoms with Crippen LogP contribution in [0.5, 0.6) is 11.5 Å². The van der Waals surface area contributed by atoms with Gasteiger partial charge in [0.15, 0.2) is 11.5 Å². The zero-order valence-corrected chi connectivity index (χ0v) is 19.8. The number of methoxy groups -OCH3 is 2. The number of nitrogens with zero attached hydrogens (tertiary/aromatic N) is 4. The number of aliphatic imine (C=N–C) groups is 2. The van der Waals surface area contributed by atoms with E-state index in [-0.39, 0.29) is 0 Å². The molecule has 33 heavy (non-hydrogen) atoms. The maximum absolute atomic E-state index is 11.9. The fourth-order valence-electron chi connectivity index (χ4n) is 2.88. The third-order valence-electron chi connectivity index (χ3n) is 4.39. The van der Waals surface area contributed by atoms with Gasteiger partial charge in [0, 0.05) is 18.1 Å². The molecule has 9 nitrogen and oxygen atoms in total. The highest BCUT2D eigenvalue weighted by atomic mass is 32.2. The molecule has 0 saturated carbocycles. The molecule has 3 rings (SSSR count). The molecule has 0 N–H and O–H groups in total. The van der Waals surface area contributed by atoms with Gasteiger partial charge in [0.25, 0.3) is 0 Å². The van der Waals surface area contributed by atoms with E-state index < -0.39 is 6.09 Å². The summed E-state index contributed by atoms with van der Waals surface area (Å²) in [6, 6.07) is 12.8. The number of benzene rings is 2. The van der Waals surface area contributed by atoms with Gasteiger partial charge in [0.1, 0.15) is 10.8 Å². The predicted molar refractivity (Wildman–Crippen MR) is 128 cm³/mol. The molecule has 3 aromatic rings. The third-order valence-corrected chi connectivity index (χ3v) is 5.07. The van der Waals surface area contributed by atoms with E-state index in [0.29, 0.717) is 51.8 Å². The number of carbonyl (C=O) groups excluding carboxylic acids is 1. The molecule has 0 atom stereocenters. The summed E-state index contributed by atoms with van der Waals surface area (Å²) in [7, 11) is 2.85. The summed E-state index contributed by atoms with van der Waals surface area (Å²) < 4.78 is 20.9. The Kier molecular flexibility index (Phi) is 8.20. The van der Waals surface area contributed by atoms with Crippen molar-refractivity contribution in [2.45, 2.75) is 13.8 Å². The quantitative estimate of drug-likeness (QED) is 0.348. The van der Waals surface area contributed by atoms with E-state index in [2.05, 4.69) is 15.1 Å². The van der Waals surface area contributed by atoms with Crippen LogP contribution in [0.15, 0.2) is 57.0 Å². The van der Waals surface area contributed by atoms with Gasteiger partial charge in [-0.05, 0) is 55.6 Å². The number of ether oxygens (including phenoxy) is 3. The highest BCUT2D eigenvalue weighted by Crippen LogP contribution is 2.30. The monoisotopic (exact) mass is 468 g/mol. The molecule has 0 radical (unpaired) electrons. The highest BCUT2D eigenvalue weighted by Gasteiger charge is 2.17. The molecule has 1 amide bonds. The summed E-state index contributed by atoms with van der Waals surface area (Å²) in [4.78, 5) is 25.0. The summed E-state index contributed by atoms with van der Waals surface area (Å²) >= 11 is 1.28. The van der Waals surface area contributed by atoms with Crippen molar-refractivity contribution in [2.24, 2.45) is 9.98 Å². The molecule has 2 aromatic carbocycles. The molecule has 0 fully saturated rings. The van der Waals surface area contributed by atoms with Crippen LogP contribution in [0.25, 0.3) is 11.4 Å². The lowest BCUT2D eigenvalue weighted by molar-refractivity contribution is 0.183. The molecule has 10 heteroatoms. The van der Waals surface area contributed by atoms with E-state index in [1.807, 2.05) is 43.5 Å². The minimum absolute atomic E-state index is 0.396. The lowest BCUT2D eigenvalue weighted by Crippen LogP contribution is -2.15. The van der Waals surface area contributed by atoms with Crippen LogP contribution >= 0.6 is 11.8 Å². The number of amides is 1. The topological polar surface area (TPSA) is 108 Å². The van der Waals surface area contributed by atoms with E-state index in [0.717, 1.165) is 5.56 Å². The Hall–Kier alpha value is -3.66. The maximum Gasteiger partial charge on any atom is 0.434 e. The number of aryl methyl sites for hydroxylation is 1. The van der Waals surface area contributed by atoms with E-state index in [1.165, 1.54) is 18.9 Å². The summed E-state index contributed by atoms with van der Waals surface area (Å²) in [6.07, 6.45) is 1.10. The number of rotatable bonds is 7. The van der Waals surface area contributed by atoms with Crippen molar-refractivity contribution in [3.8, 4) is 22.9 Å². The Bertz CT molecular complexity index is 1170. The molecule has 172 valence electrons. The average molecular weight is 469 g/mol. The van der Waals surface area contributed by atoms with Gasteiger partial charge in [-0.3, -0.25) is 0 Å². The number of carbonyl (C=O) groups is 1. The highest BCUT2D eigenvalue weighted by molar-refractivity contribution is 8.15. The predicted octanol–water partition coefficient (Wildman–Crippen LogP) is 5.10. The minimum Gasteiger partial charge on any atom is -0.493 e. The van der Waals surface area contributed by atoms with Crippen molar-refractivity contribution in [1.29, 1.82) is 0 Å². The van der Waals surface area contributed by atoms with Crippen LogP contribution in [0.3, 0.4) is 0 Å². The van der Waals surface area contributed by atoms with Gasteiger partial charge in [-0.1, -0.05) is 5.16 Å². The van der Waals surface area contributed by atoms with Crippen LogP contribution in [-0.4, -0.2) is 54.1 Å². The van der Waals surface area contributed by atoms with Gasteiger partial charge in [-0.25, -0.2) is 9.79 Å². The second-order valence-corrected chi connectivity index (χ2v) is 7.33. The first-order chi connectivity index (χ1) is 16.0. The number of thioether (sulfide) groups is 1. The number of hydrogen-bond donors (Lipinski definition) is 0. The van der Waals surface area contributed by atoms with Crippen LogP contribution in [-0.2, 0) is 4.74 Å². The Morgan fingerprint density at radius 1 is 1.12 bits per heavy atom. The molecule has 0 aliphatic carbocycles. The Morgan fingerprint density at radius 3 is 2.45 bits per heavy atom. The molecule has 1 heterocycles. The maximum atomic E-state index is 11.9. The molecule has 1 aromatic heterocycles. The van der Waals surface area contributed by atoms with Crippen molar-refractivity contribution >= 4 is 34.3 Å². The van der Waals surface area contributed by atoms with Gasteiger partial charge in [0.05, 0.1) is 26.5 Å². The number of hydrogen-bond acceptors (Lipinski definition) is 9. The van der Waals surface area contributed by atoms with Gasteiger partial charge < -0.3 is 18.7 Å². The standard InChI is InChI=1S/C23H24N4O5S/c1-6-31-19-13-16(9-12-18(19)29-3)20(22(33-5)26-23(28)30-4)25-17-10-7-15(8-11-17)21-24-14(2)32-27-21/h7-13H,6H2,1-5H3/b25-20-,26-22-. The lowest BCUT2D eigenvalue weighted by Gasteiger charge is -2.13. The average Bonchev–Trinajstić information content (AvgIpc) is 3.27. The van der Waals surface area contributed by atoms with Crippen LogP contribution in [0.4, 0.5) is 10.5 Å². The zero-order valence-electron chi connectivity index (χ0n) is 19.0. The molecular weight excluding hydrogens is 444 g/mol. The largest absolute Gasteiger partial charge is 0.493 e. The minimum atomic E-state index is -0.714. The molecule has 0 spiro atoms. The van der Waals surface area contributed by atoms with Crippen molar-refractivity contribution in [3.63, 3.8) is 0 Å². The second kappa shape index (κ2) is 11.3. The van der Waals surface area contributed by atoms with Crippen molar-refractivity contribution in [3.05, 3.63) is 53.9 Å². The van der Waals surface area contributed by atoms with Gasteiger partial charge in [-0.15, -0.1) is 11.8 Å². The van der Waals surface area contributed by atoms with Crippen molar-refractivity contribution in [1.82, 2.24) is 10.1 Å². The molecule has 0 unspecified atom stereocenters. The van der Waals surface area contributed by atoms with Crippen LogP contribution in [0.1, 0.15) is 18.4 Å². The lowest BCUT2D eigenvalue weighted by atomic mass is 10.1. The molecule has 0 saturated heterocycles. The fraction of sp³-hybridized carbons (Fsp3) is 0.261. The zero-order chi connectivity index (χ0) is 23.8. The molecule has 0 aliphatic rings. The van der Waals surface area contributed by atoms with Gasteiger partial charge in [-0.2, -0.15) is 9.98 Å². The smallest absolute Gasteiger partial charge is 0.434 e. The van der Waals surface area contributed by atoms with E-state index in [4.69, 9.17) is 23.7 Å². The Balaban J connectivity index is 2.09. The van der Waals surface area contributed by atoms with Crippen molar-refractivity contribution < 1.29 is 23.5 Å². The first-order valence-corrected chi connectivity index (χ1v) is 11.2. The Labute approximate surface area is 195 Å². The normalized spacial score (nSPS) is 11.9. The van der Waals surface area contributed by atoms with Crippen molar-refractivity contribution in [2.75, 3.05) is 27.1 Å². The van der Waals surface area contributed by atoms with Crippen LogP contribution in [0.2, 0.25) is 0 Å². The van der Waals surface area contributed by atoms with Gasteiger partial charge in [0.2, 0.25) is 11.7 Å². The first-order valence-electron chi connectivity index (χ1n) is 10.0. The van der Waals surface area contributed by atoms with E-state index in [1.54, 1.807) is 26.2 Å².